The fraction of sp³-hybridized carbons (Fsp3) is 0.118. The molecule has 0 saturated carbocycles. The molecule has 3 rings (SSSR count). The van der Waals surface area contributed by atoms with Crippen molar-refractivity contribution in [1.82, 2.24) is 0 Å². The van der Waals surface area contributed by atoms with Crippen molar-refractivity contribution >= 4 is 11.0 Å². The largest absolute Gasteiger partial charge is 0.508 e. The Morgan fingerprint density at radius 1 is 1.14 bits per heavy atom. The predicted molar refractivity (Wildman–Crippen MR) is 80.8 cm³/mol. The zero-order valence-electron chi connectivity index (χ0n) is 11.5. The minimum Gasteiger partial charge on any atom is -0.508 e. The first-order chi connectivity index (χ1) is 10.2. The molecule has 4 nitrogen and oxygen atoms in total. The topological polar surface area (TPSA) is 59.7 Å². The molecule has 0 radical (unpaired) electrons. The van der Waals surface area contributed by atoms with E-state index in [0.29, 0.717) is 23.1 Å². The molecule has 21 heavy (non-hydrogen) atoms. The van der Waals surface area contributed by atoms with Crippen molar-refractivity contribution in [1.29, 1.82) is 0 Å². The average molecular weight is 282 g/mol. The quantitative estimate of drug-likeness (QED) is 0.798. The first-order valence-electron chi connectivity index (χ1n) is 6.67. The molecular formula is C17H14O4. The van der Waals surface area contributed by atoms with E-state index in [1.54, 1.807) is 6.07 Å². The van der Waals surface area contributed by atoms with E-state index in [4.69, 9.17) is 9.15 Å². The van der Waals surface area contributed by atoms with E-state index < -0.39 is 0 Å². The van der Waals surface area contributed by atoms with Crippen LogP contribution in [0.2, 0.25) is 0 Å². The van der Waals surface area contributed by atoms with Crippen molar-refractivity contribution in [2.45, 2.75) is 6.92 Å². The number of ether oxygens (including phenoxy) is 1. The summed E-state index contributed by atoms with van der Waals surface area (Å²) in [5, 5.41) is 9.86. The Morgan fingerprint density at radius 2 is 1.90 bits per heavy atom. The number of aromatic hydroxyl groups is 1. The van der Waals surface area contributed by atoms with Gasteiger partial charge in [-0.05, 0) is 36.8 Å². The van der Waals surface area contributed by atoms with E-state index in [-0.39, 0.29) is 11.2 Å². The highest BCUT2D eigenvalue weighted by Crippen LogP contribution is 2.24. The molecule has 0 aliphatic heterocycles. The Hall–Kier alpha value is -2.75. The van der Waals surface area contributed by atoms with Crippen LogP contribution in [-0.2, 0) is 0 Å². The zero-order chi connectivity index (χ0) is 14.8. The molecule has 4 heteroatoms. The van der Waals surface area contributed by atoms with Crippen molar-refractivity contribution in [3.05, 3.63) is 59.0 Å². The van der Waals surface area contributed by atoms with E-state index in [9.17, 15) is 9.90 Å². The average Bonchev–Trinajstić information content (AvgIpc) is 2.49. The van der Waals surface area contributed by atoms with Crippen LogP contribution in [0.1, 0.15) is 6.92 Å². The van der Waals surface area contributed by atoms with Crippen LogP contribution in [0.3, 0.4) is 0 Å². The Morgan fingerprint density at radius 3 is 2.62 bits per heavy atom. The first-order valence-corrected chi connectivity index (χ1v) is 6.67. The van der Waals surface area contributed by atoms with Crippen molar-refractivity contribution in [3.8, 4) is 22.6 Å². The SMILES string of the molecule is CCOc1ccc(-c2coc3cc(O)ccc3c2=O)cc1. The third-order valence-corrected chi connectivity index (χ3v) is 3.23. The molecule has 0 aliphatic carbocycles. The molecule has 0 aliphatic rings. The van der Waals surface area contributed by atoms with Crippen LogP contribution >= 0.6 is 0 Å². The maximum atomic E-state index is 12.5. The Bertz CT molecular complexity index is 832. The summed E-state index contributed by atoms with van der Waals surface area (Å²) in [6.45, 7) is 2.52. The number of fused-ring (bicyclic) bond motifs is 1. The van der Waals surface area contributed by atoms with E-state index >= 15 is 0 Å². The Kier molecular flexibility index (Phi) is 3.36. The van der Waals surface area contributed by atoms with Crippen LogP contribution in [0.5, 0.6) is 11.5 Å². The van der Waals surface area contributed by atoms with Crippen LogP contribution in [0.4, 0.5) is 0 Å². The molecule has 0 amide bonds. The minimum atomic E-state index is -0.125. The Labute approximate surface area is 121 Å². The van der Waals surface area contributed by atoms with Crippen LogP contribution in [0.15, 0.2) is 57.9 Å². The normalized spacial score (nSPS) is 10.7. The summed E-state index contributed by atoms with van der Waals surface area (Å²) >= 11 is 0. The van der Waals surface area contributed by atoms with Gasteiger partial charge in [0.25, 0.3) is 0 Å². The van der Waals surface area contributed by atoms with Gasteiger partial charge >= 0.3 is 0 Å². The Balaban J connectivity index is 2.10. The van der Waals surface area contributed by atoms with Gasteiger partial charge in [-0.2, -0.15) is 0 Å². The molecule has 0 fully saturated rings. The molecule has 106 valence electrons. The van der Waals surface area contributed by atoms with Crippen LogP contribution < -0.4 is 10.2 Å². The minimum absolute atomic E-state index is 0.0690. The van der Waals surface area contributed by atoms with Gasteiger partial charge in [-0.25, -0.2) is 0 Å². The lowest BCUT2D eigenvalue weighted by molar-refractivity contribution is 0.340. The third kappa shape index (κ3) is 2.48. The number of hydrogen-bond acceptors (Lipinski definition) is 4. The molecule has 1 heterocycles. The molecule has 0 spiro atoms. The van der Waals surface area contributed by atoms with Crippen LogP contribution in [-0.4, -0.2) is 11.7 Å². The fourth-order valence-corrected chi connectivity index (χ4v) is 2.21. The van der Waals surface area contributed by atoms with Crippen molar-refractivity contribution in [2.24, 2.45) is 0 Å². The lowest BCUT2D eigenvalue weighted by Gasteiger charge is -2.05. The van der Waals surface area contributed by atoms with Gasteiger partial charge in [0, 0.05) is 6.07 Å². The van der Waals surface area contributed by atoms with E-state index in [1.165, 1.54) is 18.4 Å². The van der Waals surface area contributed by atoms with E-state index in [2.05, 4.69) is 0 Å². The highest BCUT2D eigenvalue weighted by atomic mass is 16.5. The maximum Gasteiger partial charge on any atom is 0.200 e. The summed E-state index contributed by atoms with van der Waals surface area (Å²) in [5.41, 5.74) is 1.49. The number of rotatable bonds is 3. The molecule has 0 unspecified atom stereocenters. The second-order valence-electron chi connectivity index (χ2n) is 4.62. The predicted octanol–water partition coefficient (Wildman–Crippen LogP) is 3.56. The van der Waals surface area contributed by atoms with Gasteiger partial charge in [0.05, 0.1) is 17.6 Å². The molecule has 0 saturated heterocycles. The van der Waals surface area contributed by atoms with Gasteiger partial charge in [0.15, 0.2) is 5.43 Å². The second kappa shape index (κ2) is 5.32. The monoisotopic (exact) mass is 282 g/mol. The van der Waals surface area contributed by atoms with Gasteiger partial charge in [-0.15, -0.1) is 0 Å². The van der Waals surface area contributed by atoms with Crippen LogP contribution in [0, 0.1) is 0 Å². The summed E-state index contributed by atoms with van der Waals surface area (Å²) in [7, 11) is 0. The summed E-state index contributed by atoms with van der Waals surface area (Å²) in [5.74, 6) is 0.829. The van der Waals surface area contributed by atoms with Gasteiger partial charge < -0.3 is 14.3 Å². The van der Waals surface area contributed by atoms with E-state index in [1.807, 2.05) is 31.2 Å². The maximum absolute atomic E-state index is 12.5. The van der Waals surface area contributed by atoms with Crippen molar-refractivity contribution in [3.63, 3.8) is 0 Å². The number of phenolic OH excluding ortho intramolecular Hbond substituents is 1. The van der Waals surface area contributed by atoms with Gasteiger partial charge in [0.2, 0.25) is 0 Å². The zero-order valence-corrected chi connectivity index (χ0v) is 11.5. The third-order valence-electron chi connectivity index (χ3n) is 3.23. The molecule has 0 atom stereocenters. The first kappa shape index (κ1) is 13.2. The van der Waals surface area contributed by atoms with Gasteiger partial charge in [-0.3, -0.25) is 4.79 Å². The van der Waals surface area contributed by atoms with Crippen molar-refractivity contribution in [2.75, 3.05) is 6.61 Å². The fourth-order valence-electron chi connectivity index (χ4n) is 2.21. The number of benzene rings is 2. The van der Waals surface area contributed by atoms with Gasteiger partial charge in [0.1, 0.15) is 23.3 Å². The molecule has 1 N–H and O–H groups in total. The van der Waals surface area contributed by atoms with Crippen molar-refractivity contribution < 1.29 is 14.3 Å². The lowest BCUT2D eigenvalue weighted by atomic mass is 10.1. The summed E-state index contributed by atoms with van der Waals surface area (Å²) in [4.78, 5) is 12.5. The highest BCUT2D eigenvalue weighted by Gasteiger charge is 2.09. The number of phenols is 1. The second-order valence-corrected chi connectivity index (χ2v) is 4.62. The molecular weight excluding hydrogens is 268 g/mol. The summed E-state index contributed by atoms with van der Waals surface area (Å²) in [6, 6.07) is 11.8. The molecule has 1 aromatic heterocycles. The highest BCUT2D eigenvalue weighted by molar-refractivity contribution is 5.82. The van der Waals surface area contributed by atoms with Crippen LogP contribution in [0.25, 0.3) is 22.1 Å². The summed E-state index contributed by atoms with van der Waals surface area (Å²) in [6.07, 6.45) is 1.42. The summed E-state index contributed by atoms with van der Waals surface area (Å²) < 4.78 is 10.8. The van der Waals surface area contributed by atoms with Gasteiger partial charge in [-0.1, -0.05) is 12.1 Å². The molecule has 2 aromatic carbocycles. The molecule has 0 bridgehead atoms. The lowest BCUT2D eigenvalue weighted by Crippen LogP contribution is -2.04. The number of hydrogen-bond donors (Lipinski definition) is 1. The van der Waals surface area contributed by atoms with E-state index in [0.717, 1.165) is 11.3 Å². The molecule has 3 aromatic rings. The standard InChI is InChI=1S/C17H14O4/c1-2-20-13-6-3-11(4-7-13)15-10-21-16-9-12(18)5-8-14(16)17(15)19/h3-10,18H,2H2,1H3. The smallest absolute Gasteiger partial charge is 0.200 e.